The largest absolute Gasteiger partial charge is 0.478 e. The van der Waals surface area contributed by atoms with Gasteiger partial charge in [-0.05, 0) is 35.0 Å². The standard InChI is InChI=1S/C12H9ClN2O2S/c13-11-2-1-9(5-10(11)12(16)17)15-14-6-8-3-4-18-7-8/h1-7,15H,(H,16,17). The van der Waals surface area contributed by atoms with Gasteiger partial charge in [-0.15, -0.1) is 0 Å². The van der Waals surface area contributed by atoms with Crippen LogP contribution in [0.25, 0.3) is 0 Å². The van der Waals surface area contributed by atoms with E-state index in [1.54, 1.807) is 23.6 Å². The molecule has 2 aromatic rings. The van der Waals surface area contributed by atoms with Crippen LogP contribution in [0.1, 0.15) is 15.9 Å². The molecule has 0 spiro atoms. The Kier molecular flexibility index (Phi) is 3.96. The quantitative estimate of drug-likeness (QED) is 0.665. The number of hydrogen-bond donors (Lipinski definition) is 2. The Morgan fingerprint density at radius 2 is 2.28 bits per heavy atom. The van der Waals surface area contributed by atoms with Gasteiger partial charge in [0.25, 0.3) is 0 Å². The molecule has 0 fully saturated rings. The molecule has 0 saturated carbocycles. The van der Waals surface area contributed by atoms with Crippen LogP contribution in [0.15, 0.2) is 40.1 Å². The lowest BCUT2D eigenvalue weighted by Crippen LogP contribution is -1.99. The summed E-state index contributed by atoms with van der Waals surface area (Å²) in [6.07, 6.45) is 1.66. The van der Waals surface area contributed by atoms with Crippen LogP contribution in [-0.4, -0.2) is 17.3 Å². The molecule has 2 N–H and O–H groups in total. The number of carboxylic acids is 1. The molecule has 18 heavy (non-hydrogen) atoms. The SMILES string of the molecule is O=C(O)c1cc(NN=Cc2ccsc2)ccc1Cl. The molecule has 0 aliphatic rings. The molecule has 0 radical (unpaired) electrons. The first-order valence-corrected chi connectivity index (χ1v) is 6.33. The number of nitrogens with zero attached hydrogens (tertiary/aromatic N) is 1. The molecule has 4 nitrogen and oxygen atoms in total. The van der Waals surface area contributed by atoms with Crippen LogP contribution in [-0.2, 0) is 0 Å². The summed E-state index contributed by atoms with van der Waals surface area (Å²) in [5.41, 5.74) is 4.36. The third-order valence-corrected chi connectivity index (χ3v) is 3.18. The molecular formula is C12H9ClN2O2S. The Bertz CT molecular complexity index is 582. The predicted molar refractivity (Wildman–Crippen MR) is 73.9 cm³/mol. The molecule has 92 valence electrons. The van der Waals surface area contributed by atoms with E-state index in [-0.39, 0.29) is 10.6 Å². The number of thiophene rings is 1. The van der Waals surface area contributed by atoms with Crippen molar-refractivity contribution in [2.24, 2.45) is 5.10 Å². The molecule has 1 heterocycles. The summed E-state index contributed by atoms with van der Waals surface area (Å²) >= 11 is 7.34. The zero-order chi connectivity index (χ0) is 13.0. The predicted octanol–water partition coefficient (Wildman–Crippen LogP) is 3.55. The molecule has 0 atom stereocenters. The topological polar surface area (TPSA) is 61.7 Å². The van der Waals surface area contributed by atoms with E-state index in [2.05, 4.69) is 10.5 Å². The van der Waals surface area contributed by atoms with Crippen LogP contribution in [0.2, 0.25) is 5.02 Å². The number of hydrogen-bond acceptors (Lipinski definition) is 4. The molecule has 1 aromatic carbocycles. The average molecular weight is 281 g/mol. The summed E-state index contributed by atoms with van der Waals surface area (Å²) in [6.45, 7) is 0. The van der Waals surface area contributed by atoms with Crippen molar-refractivity contribution in [3.8, 4) is 0 Å². The monoisotopic (exact) mass is 280 g/mol. The maximum Gasteiger partial charge on any atom is 0.337 e. The lowest BCUT2D eigenvalue weighted by atomic mass is 10.2. The van der Waals surface area contributed by atoms with E-state index >= 15 is 0 Å². The van der Waals surface area contributed by atoms with Crippen molar-refractivity contribution in [3.63, 3.8) is 0 Å². The summed E-state index contributed by atoms with van der Waals surface area (Å²) in [7, 11) is 0. The van der Waals surface area contributed by atoms with E-state index < -0.39 is 5.97 Å². The normalized spacial score (nSPS) is 10.7. The molecule has 0 bridgehead atoms. The summed E-state index contributed by atoms with van der Waals surface area (Å²) in [5, 5.41) is 17.0. The van der Waals surface area contributed by atoms with Gasteiger partial charge in [-0.3, -0.25) is 5.43 Å². The Morgan fingerprint density at radius 1 is 1.44 bits per heavy atom. The van der Waals surface area contributed by atoms with Gasteiger partial charge in [-0.1, -0.05) is 11.6 Å². The zero-order valence-corrected chi connectivity index (χ0v) is 10.7. The zero-order valence-electron chi connectivity index (χ0n) is 9.13. The van der Waals surface area contributed by atoms with E-state index in [9.17, 15) is 4.79 Å². The molecule has 2 rings (SSSR count). The minimum Gasteiger partial charge on any atom is -0.478 e. The van der Waals surface area contributed by atoms with Gasteiger partial charge in [0.1, 0.15) is 0 Å². The number of benzene rings is 1. The highest BCUT2D eigenvalue weighted by molar-refractivity contribution is 7.08. The number of carboxylic acid groups (broad SMARTS) is 1. The van der Waals surface area contributed by atoms with Crippen molar-refractivity contribution in [2.45, 2.75) is 0 Å². The number of carbonyl (C=O) groups is 1. The molecule has 0 saturated heterocycles. The van der Waals surface area contributed by atoms with Crippen molar-refractivity contribution in [1.82, 2.24) is 0 Å². The lowest BCUT2D eigenvalue weighted by Gasteiger charge is -2.03. The van der Waals surface area contributed by atoms with Gasteiger partial charge in [-0.2, -0.15) is 16.4 Å². The first-order chi connectivity index (χ1) is 8.66. The fourth-order valence-corrected chi connectivity index (χ4v) is 2.10. The van der Waals surface area contributed by atoms with Gasteiger partial charge in [0, 0.05) is 5.56 Å². The van der Waals surface area contributed by atoms with E-state index in [4.69, 9.17) is 16.7 Å². The van der Waals surface area contributed by atoms with Crippen molar-refractivity contribution < 1.29 is 9.90 Å². The fraction of sp³-hybridized carbons (Fsp3) is 0. The van der Waals surface area contributed by atoms with Crippen LogP contribution in [0.3, 0.4) is 0 Å². The summed E-state index contributed by atoms with van der Waals surface area (Å²) in [4.78, 5) is 10.9. The van der Waals surface area contributed by atoms with Gasteiger partial charge in [-0.25, -0.2) is 4.79 Å². The molecule has 0 aliphatic carbocycles. The van der Waals surface area contributed by atoms with E-state index in [0.29, 0.717) is 5.69 Å². The minimum absolute atomic E-state index is 0.0485. The second-order valence-corrected chi connectivity index (χ2v) is 4.61. The van der Waals surface area contributed by atoms with Gasteiger partial charge >= 0.3 is 5.97 Å². The Balaban J connectivity index is 2.10. The summed E-state index contributed by atoms with van der Waals surface area (Å²) in [5.74, 6) is -1.06. The van der Waals surface area contributed by atoms with Crippen molar-refractivity contribution in [2.75, 3.05) is 5.43 Å². The number of anilines is 1. The first-order valence-electron chi connectivity index (χ1n) is 5.01. The average Bonchev–Trinajstić information content (AvgIpc) is 2.84. The number of aromatic carboxylic acids is 1. The van der Waals surface area contributed by atoms with Crippen molar-refractivity contribution in [1.29, 1.82) is 0 Å². The first kappa shape index (κ1) is 12.6. The summed E-state index contributed by atoms with van der Waals surface area (Å²) in [6, 6.07) is 6.56. The second kappa shape index (κ2) is 5.66. The number of nitrogens with one attached hydrogen (secondary N) is 1. The Hall–Kier alpha value is -1.85. The van der Waals surface area contributed by atoms with Crippen LogP contribution < -0.4 is 5.43 Å². The molecule has 1 aromatic heterocycles. The fourth-order valence-electron chi connectivity index (χ4n) is 1.29. The van der Waals surface area contributed by atoms with Crippen LogP contribution in [0.4, 0.5) is 5.69 Å². The van der Waals surface area contributed by atoms with E-state index in [1.165, 1.54) is 12.1 Å². The number of halogens is 1. The highest BCUT2D eigenvalue weighted by atomic mass is 35.5. The van der Waals surface area contributed by atoms with E-state index in [0.717, 1.165) is 5.56 Å². The smallest absolute Gasteiger partial charge is 0.337 e. The van der Waals surface area contributed by atoms with Crippen LogP contribution >= 0.6 is 22.9 Å². The molecule has 0 amide bonds. The Morgan fingerprint density at radius 3 is 2.94 bits per heavy atom. The molecule has 0 aliphatic heterocycles. The molecule has 6 heteroatoms. The minimum atomic E-state index is -1.06. The van der Waals surface area contributed by atoms with Crippen molar-refractivity contribution >= 4 is 40.8 Å². The molecule has 0 unspecified atom stereocenters. The van der Waals surface area contributed by atoms with Crippen molar-refractivity contribution in [3.05, 3.63) is 51.2 Å². The maximum absolute atomic E-state index is 10.9. The highest BCUT2D eigenvalue weighted by Gasteiger charge is 2.08. The highest BCUT2D eigenvalue weighted by Crippen LogP contribution is 2.20. The van der Waals surface area contributed by atoms with E-state index in [1.807, 2.05) is 16.8 Å². The summed E-state index contributed by atoms with van der Waals surface area (Å²) < 4.78 is 0. The third-order valence-electron chi connectivity index (χ3n) is 2.15. The van der Waals surface area contributed by atoms with Crippen LogP contribution in [0.5, 0.6) is 0 Å². The van der Waals surface area contributed by atoms with Gasteiger partial charge in [0.2, 0.25) is 0 Å². The maximum atomic E-state index is 10.9. The molecular weight excluding hydrogens is 272 g/mol. The lowest BCUT2D eigenvalue weighted by molar-refractivity contribution is 0.0697. The van der Waals surface area contributed by atoms with Gasteiger partial charge in [0.05, 0.1) is 22.5 Å². The Labute approximate surface area is 113 Å². The van der Waals surface area contributed by atoms with Gasteiger partial charge < -0.3 is 5.11 Å². The number of rotatable bonds is 4. The second-order valence-electron chi connectivity index (χ2n) is 3.43. The van der Waals surface area contributed by atoms with Crippen LogP contribution in [0, 0.1) is 0 Å². The van der Waals surface area contributed by atoms with Gasteiger partial charge in [0.15, 0.2) is 0 Å². The third kappa shape index (κ3) is 3.09. The number of hydrazone groups is 1.